The number of hydrogen-bond acceptors (Lipinski definition) is 4. The van der Waals surface area contributed by atoms with E-state index in [4.69, 9.17) is 4.52 Å². The van der Waals surface area contributed by atoms with Crippen LogP contribution in [0.4, 0.5) is 10.3 Å². The van der Waals surface area contributed by atoms with Gasteiger partial charge in [0, 0.05) is 11.8 Å². The van der Waals surface area contributed by atoms with E-state index >= 15 is 0 Å². The van der Waals surface area contributed by atoms with Crippen LogP contribution in [0.2, 0.25) is 0 Å². The smallest absolute Gasteiger partial charge is 0.259 e. The lowest BCUT2D eigenvalue weighted by Crippen LogP contribution is -2.12. The zero-order chi connectivity index (χ0) is 12.4. The van der Waals surface area contributed by atoms with Crippen LogP contribution >= 0.6 is 0 Å². The highest BCUT2D eigenvalue weighted by atomic mass is 19.1. The molecular formula is C11H10FN3O2. The number of nitrogens with one attached hydrogen (secondary N) is 1. The minimum atomic E-state index is -0.631. The van der Waals surface area contributed by atoms with Gasteiger partial charge in [0.05, 0.1) is 11.3 Å². The molecular weight excluding hydrogens is 225 g/mol. The highest BCUT2D eigenvalue weighted by Gasteiger charge is 2.13. The van der Waals surface area contributed by atoms with Gasteiger partial charge < -0.3 is 4.52 Å². The molecule has 0 atom stereocenters. The first-order valence-corrected chi connectivity index (χ1v) is 4.93. The predicted octanol–water partition coefficient (Wildman–Crippen LogP) is 2.08. The lowest BCUT2D eigenvalue weighted by atomic mass is 10.2. The standard InChI is InChI=1S/C11H10FN3O2/c1-6-7(2)15-17-11(6)14-10(16)8-3-4-9(12)13-5-8/h3-5H,1-2H3,(H,14,16). The number of amides is 1. The van der Waals surface area contributed by atoms with Crippen molar-refractivity contribution in [1.82, 2.24) is 10.1 Å². The minimum Gasteiger partial charge on any atom is -0.338 e. The Kier molecular flexibility index (Phi) is 2.86. The van der Waals surface area contributed by atoms with Crippen molar-refractivity contribution in [1.29, 1.82) is 0 Å². The van der Waals surface area contributed by atoms with Crippen LogP contribution in [-0.4, -0.2) is 16.0 Å². The number of aryl methyl sites for hydroxylation is 1. The van der Waals surface area contributed by atoms with Crippen molar-refractivity contribution < 1.29 is 13.7 Å². The molecule has 17 heavy (non-hydrogen) atoms. The summed E-state index contributed by atoms with van der Waals surface area (Å²) in [7, 11) is 0. The summed E-state index contributed by atoms with van der Waals surface area (Å²) in [5.74, 6) is -0.762. The number of carbonyl (C=O) groups excluding carboxylic acids is 1. The Hall–Kier alpha value is -2.24. The van der Waals surface area contributed by atoms with E-state index in [0.29, 0.717) is 5.69 Å². The zero-order valence-electron chi connectivity index (χ0n) is 9.32. The number of carbonyl (C=O) groups is 1. The predicted molar refractivity (Wildman–Crippen MR) is 58.1 cm³/mol. The molecule has 0 aromatic carbocycles. The maximum absolute atomic E-state index is 12.6. The molecule has 1 amide bonds. The molecule has 0 saturated carbocycles. The summed E-state index contributed by atoms with van der Waals surface area (Å²) in [6.07, 6.45) is 1.16. The minimum absolute atomic E-state index is 0.250. The van der Waals surface area contributed by atoms with Crippen LogP contribution < -0.4 is 5.32 Å². The normalized spacial score (nSPS) is 10.3. The zero-order valence-corrected chi connectivity index (χ0v) is 9.32. The van der Waals surface area contributed by atoms with Gasteiger partial charge >= 0.3 is 0 Å². The summed E-state index contributed by atoms with van der Waals surface area (Å²) in [5.41, 5.74) is 1.71. The molecule has 5 nitrogen and oxygen atoms in total. The second kappa shape index (κ2) is 4.32. The first-order valence-electron chi connectivity index (χ1n) is 4.93. The van der Waals surface area contributed by atoms with Crippen molar-refractivity contribution in [2.24, 2.45) is 0 Å². The topological polar surface area (TPSA) is 68.0 Å². The molecule has 2 rings (SSSR count). The molecule has 0 saturated heterocycles. The molecule has 2 aromatic heterocycles. The molecule has 0 unspecified atom stereocenters. The molecule has 88 valence electrons. The van der Waals surface area contributed by atoms with Crippen LogP contribution in [0, 0.1) is 19.8 Å². The van der Waals surface area contributed by atoms with Gasteiger partial charge in [-0.1, -0.05) is 5.16 Å². The van der Waals surface area contributed by atoms with Crippen LogP contribution in [-0.2, 0) is 0 Å². The Morgan fingerprint density at radius 1 is 1.41 bits per heavy atom. The quantitative estimate of drug-likeness (QED) is 0.809. The molecule has 1 N–H and O–H groups in total. The van der Waals surface area contributed by atoms with Crippen LogP contribution in [0.1, 0.15) is 21.6 Å². The maximum atomic E-state index is 12.6. The van der Waals surface area contributed by atoms with E-state index in [2.05, 4.69) is 15.5 Å². The van der Waals surface area contributed by atoms with Crippen molar-refractivity contribution >= 4 is 11.8 Å². The fraction of sp³-hybridized carbons (Fsp3) is 0.182. The van der Waals surface area contributed by atoms with Gasteiger partial charge in [0.1, 0.15) is 0 Å². The van der Waals surface area contributed by atoms with Crippen LogP contribution in [0.5, 0.6) is 0 Å². The third kappa shape index (κ3) is 2.30. The van der Waals surface area contributed by atoms with Gasteiger partial charge in [-0.2, -0.15) is 4.39 Å². The number of aromatic nitrogens is 2. The van der Waals surface area contributed by atoms with Crippen molar-refractivity contribution in [2.45, 2.75) is 13.8 Å². The number of anilines is 1. The van der Waals surface area contributed by atoms with Crippen molar-refractivity contribution in [3.63, 3.8) is 0 Å². The third-order valence-electron chi connectivity index (χ3n) is 2.37. The molecule has 0 spiro atoms. The highest BCUT2D eigenvalue weighted by Crippen LogP contribution is 2.18. The molecule has 0 radical (unpaired) electrons. The first kappa shape index (κ1) is 11.3. The Morgan fingerprint density at radius 3 is 2.71 bits per heavy atom. The van der Waals surface area contributed by atoms with E-state index < -0.39 is 11.9 Å². The summed E-state index contributed by atoms with van der Waals surface area (Å²) in [4.78, 5) is 15.1. The van der Waals surface area contributed by atoms with E-state index in [1.165, 1.54) is 6.07 Å². The summed E-state index contributed by atoms with van der Waals surface area (Å²) >= 11 is 0. The Balaban J connectivity index is 2.17. The van der Waals surface area contributed by atoms with E-state index in [1.54, 1.807) is 13.8 Å². The van der Waals surface area contributed by atoms with Crippen molar-refractivity contribution in [2.75, 3.05) is 5.32 Å². The van der Waals surface area contributed by atoms with Crippen LogP contribution in [0.25, 0.3) is 0 Å². The molecule has 0 aliphatic carbocycles. The van der Waals surface area contributed by atoms with E-state index in [-0.39, 0.29) is 11.4 Å². The van der Waals surface area contributed by atoms with E-state index in [9.17, 15) is 9.18 Å². The second-order valence-electron chi connectivity index (χ2n) is 3.55. The van der Waals surface area contributed by atoms with E-state index in [1.807, 2.05) is 0 Å². The summed E-state index contributed by atoms with van der Waals surface area (Å²) < 4.78 is 17.5. The highest BCUT2D eigenvalue weighted by molar-refractivity contribution is 6.03. The van der Waals surface area contributed by atoms with Crippen molar-refractivity contribution in [3.05, 3.63) is 41.1 Å². The first-order chi connectivity index (χ1) is 8.08. The third-order valence-corrected chi connectivity index (χ3v) is 2.37. The van der Waals surface area contributed by atoms with Gasteiger partial charge in [-0.15, -0.1) is 0 Å². The Morgan fingerprint density at radius 2 is 2.18 bits per heavy atom. The van der Waals surface area contributed by atoms with Gasteiger partial charge in [0.25, 0.3) is 5.91 Å². The fourth-order valence-corrected chi connectivity index (χ4v) is 1.22. The number of halogens is 1. The molecule has 0 fully saturated rings. The summed E-state index contributed by atoms with van der Waals surface area (Å²) in [6, 6.07) is 2.46. The lowest BCUT2D eigenvalue weighted by Gasteiger charge is -2.01. The van der Waals surface area contributed by atoms with Crippen LogP contribution in [0.15, 0.2) is 22.9 Å². The van der Waals surface area contributed by atoms with Gasteiger partial charge in [-0.05, 0) is 26.0 Å². The van der Waals surface area contributed by atoms with E-state index in [0.717, 1.165) is 17.8 Å². The summed E-state index contributed by atoms with van der Waals surface area (Å²) in [6.45, 7) is 3.55. The monoisotopic (exact) mass is 235 g/mol. The number of hydrogen-bond donors (Lipinski definition) is 1. The van der Waals surface area contributed by atoms with Gasteiger partial charge in [0.2, 0.25) is 11.8 Å². The molecule has 0 aliphatic rings. The average Bonchev–Trinajstić information content (AvgIpc) is 2.62. The molecule has 2 heterocycles. The largest absolute Gasteiger partial charge is 0.338 e. The second-order valence-corrected chi connectivity index (χ2v) is 3.55. The Labute approximate surface area is 96.6 Å². The maximum Gasteiger partial charge on any atom is 0.259 e. The lowest BCUT2D eigenvalue weighted by molar-refractivity contribution is 0.102. The molecule has 0 aliphatic heterocycles. The molecule has 2 aromatic rings. The summed E-state index contributed by atoms with van der Waals surface area (Å²) in [5, 5.41) is 6.25. The van der Waals surface area contributed by atoms with Gasteiger partial charge in [0.15, 0.2) is 0 Å². The average molecular weight is 235 g/mol. The molecule has 6 heteroatoms. The molecule has 0 bridgehead atoms. The van der Waals surface area contributed by atoms with Gasteiger partial charge in [-0.3, -0.25) is 10.1 Å². The number of nitrogens with zero attached hydrogens (tertiary/aromatic N) is 2. The Bertz CT molecular complexity index is 548. The van der Waals surface area contributed by atoms with Crippen molar-refractivity contribution in [3.8, 4) is 0 Å². The van der Waals surface area contributed by atoms with Crippen LogP contribution in [0.3, 0.4) is 0 Å². The van der Waals surface area contributed by atoms with Gasteiger partial charge in [-0.25, -0.2) is 4.98 Å². The number of rotatable bonds is 2. The fourth-order valence-electron chi connectivity index (χ4n) is 1.22. The number of pyridine rings is 1. The SMILES string of the molecule is Cc1noc(NC(=O)c2ccc(F)nc2)c1C.